The number of rotatable bonds is 12. The van der Waals surface area contributed by atoms with Crippen molar-refractivity contribution in [2.45, 2.75) is 44.4 Å². The van der Waals surface area contributed by atoms with Crippen molar-refractivity contribution < 1.29 is 28.7 Å². The molecule has 4 amide bonds. The summed E-state index contributed by atoms with van der Waals surface area (Å²) in [6, 6.07) is 20.7. The third kappa shape index (κ3) is 8.63. The van der Waals surface area contributed by atoms with Crippen LogP contribution in [0.25, 0.3) is 10.8 Å². The summed E-state index contributed by atoms with van der Waals surface area (Å²) in [6.07, 6.45) is 1.62. The topological polar surface area (TPSA) is 143 Å². The fraction of sp³-hybridized carbons (Fsp3) is 0.323. The fourth-order valence-corrected chi connectivity index (χ4v) is 4.87. The van der Waals surface area contributed by atoms with Gasteiger partial charge in [-0.1, -0.05) is 72.8 Å². The highest BCUT2D eigenvalue weighted by atomic mass is 16.5. The summed E-state index contributed by atoms with van der Waals surface area (Å²) in [4.78, 5) is 62.1. The SMILES string of the molecule is O=CC(CC1CCCNC1=O)NC(=O)CNC(=O)C(Cc1cccc2ccccc12)NC(=O)OCc1ccccc1. The number of aldehydes is 1. The van der Waals surface area contributed by atoms with E-state index >= 15 is 0 Å². The first-order chi connectivity index (χ1) is 19.9. The van der Waals surface area contributed by atoms with E-state index in [4.69, 9.17) is 4.74 Å². The molecule has 0 radical (unpaired) electrons. The van der Waals surface area contributed by atoms with Gasteiger partial charge in [-0.3, -0.25) is 14.4 Å². The molecule has 3 aromatic carbocycles. The van der Waals surface area contributed by atoms with Gasteiger partial charge in [0.1, 0.15) is 18.9 Å². The molecule has 0 spiro atoms. The molecular weight excluding hydrogens is 524 g/mol. The van der Waals surface area contributed by atoms with E-state index in [1.807, 2.05) is 72.8 Å². The normalized spacial score (nSPS) is 16.1. The van der Waals surface area contributed by atoms with Crippen molar-refractivity contribution in [3.63, 3.8) is 0 Å². The second kappa shape index (κ2) is 14.6. The van der Waals surface area contributed by atoms with Crippen LogP contribution in [0.2, 0.25) is 0 Å². The van der Waals surface area contributed by atoms with Crippen LogP contribution < -0.4 is 21.3 Å². The molecule has 0 aliphatic carbocycles. The molecule has 3 aromatic rings. The van der Waals surface area contributed by atoms with Crippen LogP contribution in [-0.2, 0) is 36.9 Å². The zero-order chi connectivity index (χ0) is 29.0. The highest BCUT2D eigenvalue weighted by Gasteiger charge is 2.27. The number of fused-ring (bicyclic) bond motifs is 1. The van der Waals surface area contributed by atoms with Gasteiger partial charge >= 0.3 is 6.09 Å². The Morgan fingerprint density at radius 2 is 1.73 bits per heavy atom. The van der Waals surface area contributed by atoms with Crippen molar-refractivity contribution in [1.82, 2.24) is 21.3 Å². The van der Waals surface area contributed by atoms with Crippen LogP contribution in [0.4, 0.5) is 4.79 Å². The van der Waals surface area contributed by atoms with Crippen molar-refractivity contribution in [2.24, 2.45) is 5.92 Å². The van der Waals surface area contributed by atoms with Gasteiger partial charge in [-0.15, -0.1) is 0 Å². The zero-order valence-electron chi connectivity index (χ0n) is 22.6. The number of alkyl carbamates (subject to hydrolysis) is 1. The molecule has 1 aliphatic rings. The summed E-state index contributed by atoms with van der Waals surface area (Å²) >= 11 is 0. The lowest BCUT2D eigenvalue weighted by molar-refractivity contribution is -0.129. The Labute approximate surface area is 238 Å². The Morgan fingerprint density at radius 3 is 2.51 bits per heavy atom. The van der Waals surface area contributed by atoms with Crippen molar-refractivity contribution in [3.8, 4) is 0 Å². The van der Waals surface area contributed by atoms with Crippen molar-refractivity contribution in [3.05, 3.63) is 83.9 Å². The van der Waals surface area contributed by atoms with Crippen LogP contribution in [0.1, 0.15) is 30.4 Å². The van der Waals surface area contributed by atoms with E-state index in [1.165, 1.54) is 0 Å². The van der Waals surface area contributed by atoms with Crippen molar-refractivity contribution >= 4 is 40.9 Å². The number of carbonyl (C=O) groups excluding carboxylic acids is 5. The molecule has 0 bridgehead atoms. The van der Waals surface area contributed by atoms with Crippen LogP contribution in [0.3, 0.4) is 0 Å². The number of nitrogens with one attached hydrogen (secondary N) is 4. The Bertz CT molecular complexity index is 1370. The third-order valence-electron chi connectivity index (χ3n) is 7.00. The first-order valence-electron chi connectivity index (χ1n) is 13.7. The maximum atomic E-state index is 13.2. The molecule has 0 aromatic heterocycles. The molecule has 3 unspecified atom stereocenters. The Hall–Kier alpha value is -4.73. The van der Waals surface area contributed by atoms with Gasteiger partial charge in [0.25, 0.3) is 0 Å². The first-order valence-corrected chi connectivity index (χ1v) is 13.7. The average Bonchev–Trinajstić information content (AvgIpc) is 3.00. The minimum atomic E-state index is -1.04. The van der Waals surface area contributed by atoms with E-state index in [9.17, 15) is 24.0 Å². The van der Waals surface area contributed by atoms with Gasteiger partial charge in [0.15, 0.2) is 0 Å². The molecule has 4 rings (SSSR count). The second-order valence-corrected chi connectivity index (χ2v) is 9.99. The maximum absolute atomic E-state index is 13.2. The molecule has 41 heavy (non-hydrogen) atoms. The van der Waals surface area contributed by atoms with E-state index in [2.05, 4.69) is 21.3 Å². The molecule has 1 fully saturated rings. The van der Waals surface area contributed by atoms with Gasteiger partial charge in [-0.05, 0) is 41.2 Å². The molecule has 10 heteroatoms. The molecule has 214 valence electrons. The summed E-state index contributed by atoms with van der Waals surface area (Å²) in [7, 11) is 0. The Kier molecular flexibility index (Phi) is 10.4. The largest absolute Gasteiger partial charge is 0.445 e. The van der Waals surface area contributed by atoms with E-state index in [1.54, 1.807) is 0 Å². The highest BCUT2D eigenvalue weighted by Crippen LogP contribution is 2.20. The summed E-state index contributed by atoms with van der Waals surface area (Å²) in [6.45, 7) is 0.226. The number of benzene rings is 3. The van der Waals surface area contributed by atoms with E-state index in [0.717, 1.165) is 28.3 Å². The van der Waals surface area contributed by atoms with Gasteiger partial charge < -0.3 is 30.8 Å². The number of carbonyl (C=O) groups is 5. The minimum absolute atomic E-state index is 0.0315. The van der Waals surface area contributed by atoms with Crippen LogP contribution in [-0.4, -0.2) is 55.3 Å². The summed E-state index contributed by atoms with van der Waals surface area (Å²) in [5.41, 5.74) is 1.63. The van der Waals surface area contributed by atoms with E-state index in [-0.39, 0.29) is 31.3 Å². The van der Waals surface area contributed by atoms with Crippen LogP contribution >= 0.6 is 0 Å². The maximum Gasteiger partial charge on any atom is 0.408 e. The molecule has 4 N–H and O–H groups in total. The third-order valence-corrected chi connectivity index (χ3v) is 7.00. The predicted octanol–water partition coefficient (Wildman–Crippen LogP) is 2.39. The summed E-state index contributed by atoms with van der Waals surface area (Å²) < 4.78 is 5.33. The van der Waals surface area contributed by atoms with Crippen molar-refractivity contribution in [2.75, 3.05) is 13.1 Å². The zero-order valence-corrected chi connectivity index (χ0v) is 22.6. The number of amides is 4. The van der Waals surface area contributed by atoms with Gasteiger partial charge in [-0.25, -0.2) is 4.79 Å². The highest BCUT2D eigenvalue weighted by molar-refractivity contribution is 5.92. The lowest BCUT2D eigenvalue weighted by Gasteiger charge is -2.24. The minimum Gasteiger partial charge on any atom is -0.445 e. The lowest BCUT2D eigenvalue weighted by atomic mass is 9.92. The number of ether oxygens (including phenoxy) is 1. The smallest absolute Gasteiger partial charge is 0.408 e. The van der Waals surface area contributed by atoms with Gasteiger partial charge in [0.2, 0.25) is 17.7 Å². The summed E-state index contributed by atoms with van der Waals surface area (Å²) in [5.74, 6) is -1.65. The molecule has 1 heterocycles. The Morgan fingerprint density at radius 1 is 0.976 bits per heavy atom. The molecule has 10 nitrogen and oxygen atoms in total. The number of hydrogen-bond acceptors (Lipinski definition) is 6. The van der Waals surface area contributed by atoms with Crippen LogP contribution in [0.15, 0.2) is 72.8 Å². The summed E-state index contributed by atoms with van der Waals surface area (Å²) in [5, 5.41) is 12.4. The monoisotopic (exact) mass is 558 g/mol. The predicted molar refractivity (Wildman–Crippen MR) is 153 cm³/mol. The quantitative estimate of drug-likeness (QED) is 0.252. The second-order valence-electron chi connectivity index (χ2n) is 9.99. The van der Waals surface area contributed by atoms with Crippen LogP contribution in [0.5, 0.6) is 0 Å². The molecule has 3 atom stereocenters. The van der Waals surface area contributed by atoms with E-state index < -0.39 is 36.5 Å². The number of hydrogen-bond donors (Lipinski definition) is 4. The molecule has 1 aliphatic heterocycles. The van der Waals surface area contributed by atoms with E-state index in [0.29, 0.717) is 19.3 Å². The van der Waals surface area contributed by atoms with Gasteiger partial charge in [-0.2, -0.15) is 0 Å². The molecule has 0 saturated carbocycles. The molecular formula is C31H34N4O6. The van der Waals surface area contributed by atoms with Gasteiger partial charge in [0, 0.05) is 18.9 Å². The fourth-order valence-electron chi connectivity index (χ4n) is 4.87. The van der Waals surface area contributed by atoms with Crippen molar-refractivity contribution in [1.29, 1.82) is 0 Å². The lowest BCUT2D eigenvalue weighted by Crippen LogP contribution is -2.51. The first kappa shape index (κ1) is 29.3. The standard InChI is InChI=1S/C31H34N4O6/c36-19-25(16-24-13-7-15-32-29(24)38)34-28(37)18-33-30(39)27(35-31(40)41-20-21-8-2-1-3-9-21)17-23-12-6-11-22-10-4-5-14-26(22)23/h1-6,8-12,14,19,24-25,27H,7,13,15-18,20H2,(H,32,38)(H,33,39)(H,34,37)(H,35,40). The van der Waals surface area contributed by atoms with Gasteiger partial charge in [0.05, 0.1) is 12.6 Å². The average molecular weight is 559 g/mol. The Balaban J connectivity index is 1.38. The number of piperidine rings is 1. The molecule has 1 saturated heterocycles. The van der Waals surface area contributed by atoms with Crippen LogP contribution in [0, 0.1) is 5.92 Å².